The average Bonchev–Trinajstić information content (AvgIpc) is 3.02. The first kappa shape index (κ1) is 16.1. The van der Waals surface area contributed by atoms with E-state index < -0.39 is 9.84 Å². The molecule has 0 saturated heterocycles. The molecule has 0 atom stereocenters. The number of halogens is 1. The van der Waals surface area contributed by atoms with Crippen LogP contribution in [0.2, 0.25) is 0 Å². The van der Waals surface area contributed by atoms with E-state index >= 15 is 0 Å². The van der Waals surface area contributed by atoms with Gasteiger partial charge in [-0.25, -0.2) is 8.42 Å². The second-order valence-corrected chi connectivity index (χ2v) is 8.50. The number of H-pyrrole nitrogens is 1. The lowest BCUT2D eigenvalue weighted by Gasteiger charge is -2.07. The molecule has 0 unspecified atom stereocenters. The number of benzene rings is 3. The molecule has 0 aliphatic carbocycles. The maximum atomic E-state index is 13.4. The zero-order valence-corrected chi connectivity index (χ0v) is 15.5. The minimum Gasteiger partial charge on any atom is -0.353 e. The van der Waals surface area contributed by atoms with E-state index in [-0.39, 0.29) is 4.90 Å². The summed E-state index contributed by atoms with van der Waals surface area (Å²) in [6.45, 7) is 0. The molecule has 5 heteroatoms. The van der Waals surface area contributed by atoms with Crippen molar-refractivity contribution in [3.8, 4) is 11.3 Å². The summed E-state index contributed by atoms with van der Waals surface area (Å²) in [5.74, 6) is 0. The monoisotopic (exact) mass is 411 g/mol. The van der Waals surface area contributed by atoms with Crippen molar-refractivity contribution in [2.24, 2.45) is 0 Å². The molecule has 0 spiro atoms. The van der Waals surface area contributed by atoms with Crippen LogP contribution < -0.4 is 0 Å². The van der Waals surface area contributed by atoms with Gasteiger partial charge in [-0.15, -0.1) is 0 Å². The Bertz CT molecular complexity index is 1150. The Balaban J connectivity index is 2.10. The van der Waals surface area contributed by atoms with E-state index in [1.165, 1.54) is 0 Å². The largest absolute Gasteiger partial charge is 0.353 e. The third kappa shape index (κ3) is 2.79. The highest BCUT2D eigenvalue weighted by Crippen LogP contribution is 2.38. The second-order valence-electron chi connectivity index (χ2n) is 5.70. The summed E-state index contributed by atoms with van der Waals surface area (Å²) < 4.78 is 27.6. The molecule has 4 aromatic rings. The molecule has 0 bridgehead atoms. The second kappa shape index (κ2) is 6.17. The van der Waals surface area contributed by atoms with Crippen molar-refractivity contribution in [1.29, 1.82) is 0 Å². The van der Waals surface area contributed by atoms with Gasteiger partial charge in [-0.2, -0.15) is 0 Å². The van der Waals surface area contributed by atoms with Gasteiger partial charge in [0.05, 0.1) is 10.6 Å². The normalized spacial score (nSPS) is 11.7. The van der Waals surface area contributed by atoms with Crippen molar-refractivity contribution < 1.29 is 8.42 Å². The maximum absolute atomic E-state index is 13.4. The first-order valence-corrected chi connectivity index (χ1v) is 10.0. The quantitative estimate of drug-likeness (QED) is 0.488. The zero-order valence-electron chi connectivity index (χ0n) is 13.1. The Morgan fingerprint density at radius 1 is 0.800 bits per heavy atom. The third-order valence-electron chi connectivity index (χ3n) is 4.10. The predicted molar refractivity (Wildman–Crippen MR) is 103 cm³/mol. The number of nitrogens with one attached hydrogen (secondary N) is 1. The van der Waals surface area contributed by atoms with Crippen molar-refractivity contribution >= 4 is 36.7 Å². The smallest absolute Gasteiger partial charge is 0.209 e. The molecule has 1 N–H and O–H groups in total. The van der Waals surface area contributed by atoms with E-state index in [9.17, 15) is 8.42 Å². The fourth-order valence-corrected chi connectivity index (χ4v) is 4.95. The van der Waals surface area contributed by atoms with E-state index in [1.54, 1.807) is 24.3 Å². The Kier molecular flexibility index (Phi) is 3.98. The Hall–Kier alpha value is -2.37. The molecular weight excluding hydrogens is 398 g/mol. The Labute approximate surface area is 154 Å². The topological polar surface area (TPSA) is 49.9 Å². The van der Waals surface area contributed by atoms with E-state index in [0.29, 0.717) is 16.0 Å². The lowest BCUT2D eigenvalue weighted by Crippen LogP contribution is -2.03. The van der Waals surface area contributed by atoms with Crippen LogP contribution in [-0.4, -0.2) is 13.4 Å². The van der Waals surface area contributed by atoms with Crippen LogP contribution in [0.4, 0.5) is 0 Å². The van der Waals surface area contributed by atoms with E-state index in [4.69, 9.17) is 0 Å². The predicted octanol–water partition coefficient (Wildman–Crippen LogP) is 5.43. The molecule has 0 amide bonds. The number of hydrogen-bond donors (Lipinski definition) is 1. The number of aromatic amines is 1. The van der Waals surface area contributed by atoms with E-state index in [2.05, 4.69) is 20.9 Å². The number of fused-ring (bicyclic) bond motifs is 1. The molecule has 4 rings (SSSR count). The summed E-state index contributed by atoms with van der Waals surface area (Å²) >= 11 is 3.45. The van der Waals surface area contributed by atoms with Crippen LogP contribution in [0.5, 0.6) is 0 Å². The van der Waals surface area contributed by atoms with Gasteiger partial charge in [0.15, 0.2) is 0 Å². The molecule has 3 aromatic carbocycles. The summed E-state index contributed by atoms with van der Waals surface area (Å²) in [6, 6.07) is 23.7. The van der Waals surface area contributed by atoms with Crippen molar-refractivity contribution in [1.82, 2.24) is 4.98 Å². The number of rotatable bonds is 3. The van der Waals surface area contributed by atoms with Crippen molar-refractivity contribution in [2.75, 3.05) is 0 Å². The maximum Gasteiger partial charge on any atom is 0.209 e. The van der Waals surface area contributed by atoms with Crippen molar-refractivity contribution in [2.45, 2.75) is 9.79 Å². The minimum atomic E-state index is -3.67. The van der Waals surface area contributed by atoms with Gasteiger partial charge in [0.2, 0.25) is 9.84 Å². The Morgan fingerprint density at radius 2 is 1.44 bits per heavy atom. The van der Waals surface area contributed by atoms with Crippen LogP contribution in [0.25, 0.3) is 22.2 Å². The summed E-state index contributed by atoms with van der Waals surface area (Å²) in [5.41, 5.74) is 2.23. The van der Waals surface area contributed by atoms with Crippen LogP contribution >= 0.6 is 15.9 Å². The highest BCUT2D eigenvalue weighted by molar-refractivity contribution is 9.10. The molecule has 1 heterocycles. The summed E-state index contributed by atoms with van der Waals surface area (Å²) in [6.07, 6.45) is 0. The third-order valence-corrected chi connectivity index (χ3v) is 6.45. The SMILES string of the molecule is O=S(=O)(c1ccccc1)c1c(-c2ccccc2)[nH]c2ccc(Br)cc12. The highest BCUT2D eigenvalue weighted by atomic mass is 79.9. The first-order valence-electron chi connectivity index (χ1n) is 7.74. The lowest BCUT2D eigenvalue weighted by atomic mass is 10.1. The number of sulfone groups is 1. The van der Waals surface area contributed by atoms with Crippen molar-refractivity contribution in [3.05, 3.63) is 83.3 Å². The molecular formula is C20H14BrNO2S. The van der Waals surface area contributed by atoms with E-state index in [0.717, 1.165) is 15.6 Å². The van der Waals surface area contributed by atoms with Crippen molar-refractivity contribution in [3.63, 3.8) is 0 Å². The zero-order chi connectivity index (χ0) is 17.4. The molecule has 124 valence electrons. The van der Waals surface area contributed by atoms with Gasteiger partial charge in [-0.05, 0) is 35.9 Å². The summed E-state index contributed by atoms with van der Waals surface area (Å²) in [5, 5.41) is 0.678. The molecule has 0 aliphatic heterocycles. The van der Waals surface area contributed by atoms with Crippen LogP contribution in [0, 0.1) is 0 Å². The molecule has 0 aliphatic rings. The van der Waals surface area contributed by atoms with Crippen LogP contribution in [-0.2, 0) is 9.84 Å². The number of aromatic nitrogens is 1. The molecule has 25 heavy (non-hydrogen) atoms. The minimum absolute atomic E-state index is 0.285. The Morgan fingerprint density at radius 3 is 2.12 bits per heavy atom. The van der Waals surface area contributed by atoms with Gasteiger partial charge in [0.1, 0.15) is 4.90 Å². The highest BCUT2D eigenvalue weighted by Gasteiger charge is 2.27. The summed E-state index contributed by atoms with van der Waals surface area (Å²) in [7, 11) is -3.67. The molecule has 3 nitrogen and oxygen atoms in total. The first-order chi connectivity index (χ1) is 12.1. The number of hydrogen-bond acceptors (Lipinski definition) is 2. The van der Waals surface area contributed by atoms with Gasteiger partial charge in [0, 0.05) is 15.4 Å². The average molecular weight is 412 g/mol. The fraction of sp³-hybridized carbons (Fsp3) is 0. The summed E-state index contributed by atoms with van der Waals surface area (Å²) in [4.78, 5) is 3.88. The molecule has 1 aromatic heterocycles. The van der Waals surface area contributed by atoms with Crippen LogP contribution in [0.1, 0.15) is 0 Å². The van der Waals surface area contributed by atoms with Gasteiger partial charge in [0.25, 0.3) is 0 Å². The fourth-order valence-electron chi connectivity index (χ4n) is 2.94. The molecule has 0 fully saturated rings. The molecule has 0 saturated carbocycles. The van der Waals surface area contributed by atoms with Crippen LogP contribution in [0.3, 0.4) is 0 Å². The van der Waals surface area contributed by atoms with Gasteiger partial charge >= 0.3 is 0 Å². The lowest BCUT2D eigenvalue weighted by molar-refractivity contribution is 0.597. The molecule has 0 radical (unpaired) electrons. The van der Waals surface area contributed by atoms with E-state index in [1.807, 2.05) is 54.6 Å². The standard InChI is InChI=1S/C20H14BrNO2S/c21-15-11-12-18-17(13-15)20(19(22-18)14-7-3-1-4-8-14)25(23,24)16-9-5-2-6-10-16/h1-13,22H. The van der Waals surface area contributed by atoms with Gasteiger partial charge in [-0.3, -0.25) is 0 Å². The van der Waals surface area contributed by atoms with Gasteiger partial charge in [-0.1, -0.05) is 64.5 Å². The van der Waals surface area contributed by atoms with Crippen LogP contribution in [0.15, 0.2) is 93.1 Å². The van der Waals surface area contributed by atoms with Gasteiger partial charge < -0.3 is 4.98 Å².